The van der Waals surface area contributed by atoms with E-state index in [0.29, 0.717) is 44.9 Å². The van der Waals surface area contributed by atoms with Gasteiger partial charge in [0.15, 0.2) is 25.2 Å². The molecule has 5 saturated heterocycles. The summed E-state index contributed by atoms with van der Waals surface area (Å²) < 4.78 is 97.8. The maximum atomic E-state index is 14.5. The van der Waals surface area contributed by atoms with E-state index in [2.05, 4.69) is 6.92 Å². The van der Waals surface area contributed by atoms with Crippen LogP contribution in [0, 0.1) is 33.5 Å². The molecule has 27 heteroatoms. The van der Waals surface area contributed by atoms with E-state index in [0.717, 1.165) is 11.1 Å². The highest BCUT2D eigenvalue weighted by atomic mass is 32.3. The molecule has 9 rings (SSSR count). The van der Waals surface area contributed by atoms with Crippen molar-refractivity contribution in [1.82, 2.24) is 0 Å². The van der Waals surface area contributed by atoms with Crippen molar-refractivity contribution in [3.63, 3.8) is 0 Å². The molecular weight excluding hydrogens is 1100 g/mol. The Morgan fingerprint density at radius 2 is 1.31 bits per heavy atom. The number of rotatable bonds is 16. The summed E-state index contributed by atoms with van der Waals surface area (Å²) in [5.41, 5.74) is -4.47. The van der Waals surface area contributed by atoms with Gasteiger partial charge in [0.05, 0.1) is 38.1 Å². The second-order valence-electron chi connectivity index (χ2n) is 25.5. The predicted octanol–water partition coefficient (Wildman–Crippen LogP) is -1.48. The van der Waals surface area contributed by atoms with Gasteiger partial charge in [-0.1, -0.05) is 51.0 Å². The molecule has 0 bridgehead atoms. The molecule has 0 aromatic carbocycles. The summed E-state index contributed by atoms with van der Waals surface area (Å²) in [7, 11) is -4.01. The Hall–Kier alpha value is -1.98. The molecule has 4 aliphatic carbocycles. The number of aliphatic hydroxyl groups excluding tert-OH is 10. The Labute approximate surface area is 471 Å². The van der Waals surface area contributed by atoms with E-state index >= 15 is 0 Å². The lowest BCUT2D eigenvalue weighted by Crippen LogP contribution is -2.68. The molecule has 26 nitrogen and oxygen atoms in total. The highest BCUT2D eigenvalue weighted by Gasteiger charge is 2.85. The Kier molecular flexibility index (Phi) is 18.0. The Bertz CT molecular complexity index is 2440. The van der Waals surface area contributed by atoms with E-state index < -0.39 is 198 Å². The van der Waals surface area contributed by atoms with Crippen LogP contribution in [0.2, 0.25) is 0 Å². The number of cyclic esters (lactones) is 1. The minimum atomic E-state index is -5.19. The van der Waals surface area contributed by atoms with E-state index in [9.17, 15) is 73.9 Å². The van der Waals surface area contributed by atoms with Crippen molar-refractivity contribution in [1.29, 1.82) is 0 Å². The number of carbonyl (C=O) groups is 1. The van der Waals surface area contributed by atoms with Gasteiger partial charge >= 0.3 is 16.4 Å². The number of aliphatic hydroxyl groups is 11. The summed E-state index contributed by atoms with van der Waals surface area (Å²) in [6.07, 6.45) is -26.5. The molecule has 12 N–H and O–H groups in total. The number of hydrogen-bond donors (Lipinski definition) is 12. The average molecular weight is 1180 g/mol. The molecule has 0 aromatic heterocycles. The number of hydrogen-bond acceptors (Lipinski definition) is 25. The summed E-state index contributed by atoms with van der Waals surface area (Å²) in [4.78, 5) is 14.5. The number of methoxy groups -OCH3 is 1. The third-order valence-electron chi connectivity index (χ3n) is 20.5. The van der Waals surface area contributed by atoms with E-state index in [1.165, 1.54) is 14.0 Å². The standard InChI is InChI=1S/C54H86O26S/c1-23(2)11-10-15-52(8)53(66)18-17-51(7)25-12-13-30-49(4,5)32(14-16-50(30,6)26(25)19-31(57)54(51,53)48(65)79-52)75-47-43(35(60)29(22-71-47)80-81(67,68)69)78-44-37(62)36(61)40(24(3)72-44)76-46-39(64)42(34(59)28(21-56)74-46)77-45-38(63)41(70-9)33(58)27(20-55)73-45/h11,19,24-25,27-47,55-64,66H,10,12-18,20-22H2,1-9H3,(H,67,68,69)/t24-,25-,27-,28-,29-,30+,31+,32+,33-,34-,35+,36-,37-,38-,39-,40-,41+,42+,43-,44+,45+,46+,47+,50-,51+,52+,53+,54-/m1/s1. The topological polar surface area (TPSA) is 396 Å². The molecule has 1 spiro atoms. The summed E-state index contributed by atoms with van der Waals surface area (Å²) in [5.74, 6) is -0.888. The highest BCUT2D eigenvalue weighted by Crippen LogP contribution is 2.77. The van der Waals surface area contributed by atoms with Crippen molar-refractivity contribution >= 4 is 16.4 Å². The number of ether oxygens (including phenoxy) is 10. The van der Waals surface area contributed by atoms with Crippen LogP contribution in [0.1, 0.15) is 107 Å². The van der Waals surface area contributed by atoms with Crippen LogP contribution in [0.4, 0.5) is 0 Å². The van der Waals surface area contributed by atoms with Gasteiger partial charge in [-0.15, -0.1) is 0 Å². The van der Waals surface area contributed by atoms with Crippen molar-refractivity contribution < 1.29 is 125 Å². The summed E-state index contributed by atoms with van der Waals surface area (Å²) in [5, 5.41) is 124. The van der Waals surface area contributed by atoms with E-state index in [1.807, 2.05) is 40.7 Å². The lowest BCUT2D eigenvalue weighted by Gasteiger charge is -2.64. The van der Waals surface area contributed by atoms with Crippen molar-refractivity contribution in [3.05, 3.63) is 23.3 Å². The molecular formula is C54H86O26S. The average Bonchev–Trinajstić information content (AvgIpc) is 1.90. The lowest BCUT2D eigenvalue weighted by atomic mass is 9.40. The van der Waals surface area contributed by atoms with Crippen molar-refractivity contribution in [3.8, 4) is 0 Å². The van der Waals surface area contributed by atoms with Crippen LogP contribution in [-0.4, -0.2) is 242 Å². The summed E-state index contributed by atoms with van der Waals surface area (Å²) in [6, 6.07) is 0. The van der Waals surface area contributed by atoms with Gasteiger partial charge in [0.2, 0.25) is 0 Å². The minimum absolute atomic E-state index is 0.117. The van der Waals surface area contributed by atoms with Crippen LogP contribution >= 0.6 is 0 Å². The largest absolute Gasteiger partial charge is 0.456 e. The molecule has 28 atom stereocenters. The number of esters is 1. The first kappa shape index (κ1) is 63.5. The fourth-order valence-electron chi connectivity index (χ4n) is 16.2. The zero-order valence-electron chi connectivity index (χ0n) is 47.2. The first-order valence-corrected chi connectivity index (χ1v) is 29.5. The van der Waals surface area contributed by atoms with Crippen LogP contribution in [0.15, 0.2) is 23.3 Å². The zero-order chi connectivity index (χ0) is 59.5. The van der Waals surface area contributed by atoms with Gasteiger partial charge in [-0.05, 0) is 107 Å². The molecule has 0 amide bonds. The van der Waals surface area contributed by atoms with Gasteiger partial charge in [-0.2, -0.15) is 8.42 Å². The van der Waals surface area contributed by atoms with Gasteiger partial charge in [0.25, 0.3) is 0 Å². The normalized spacial score (nSPS) is 51.5. The lowest BCUT2D eigenvalue weighted by molar-refractivity contribution is -0.389. The molecule has 5 heterocycles. The van der Waals surface area contributed by atoms with E-state index in [1.54, 1.807) is 13.0 Å². The molecule has 9 aliphatic rings. The molecule has 5 aliphatic heterocycles. The predicted molar refractivity (Wildman–Crippen MR) is 274 cm³/mol. The Morgan fingerprint density at radius 3 is 1.91 bits per heavy atom. The first-order chi connectivity index (χ1) is 37.8. The van der Waals surface area contributed by atoms with Gasteiger partial charge in [-0.25, -0.2) is 4.18 Å². The zero-order valence-corrected chi connectivity index (χ0v) is 48.0. The molecule has 0 unspecified atom stereocenters. The fourth-order valence-corrected chi connectivity index (χ4v) is 16.7. The second kappa shape index (κ2) is 22.9. The molecule has 3 saturated carbocycles. The smallest absolute Gasteiger partial charge is 0.397 e. The number of fused-ring (bicyclic) bond motifs is 4. The van der Waals surface area contributed by atoms with Gasteiger partial charge in [0, 0.05) is 7.11 Å². The first-order valence-electron chi connectivity index (χ1n) is 28.2. The highest BCUT2D eigenvalue weighted by molar-refractivity contribution is 7.80. The third-order valence-corrected chi connectivity index (χ3v) is 21.0. The minimum Gasteiger partial charge on any atom is -0.456 e. The monoisotopic (exact) mass is 1180 g/mol. The maximum absolute atomic E-state index is 14.5. The van der Waals surface area contributed by atoms with Crippen LogP contribution in [0.25, 0.3) is 0 Å². The SMILES string of the molecule is CO[C@@H]1[C@@H](O)[C@H](O[C@@H]2[C@@H](O)[C@H](O[C@H]3[C@H](O)[C@@H](O)[C@H](O[C@H]4[C@H](O[C@H]5CC[C@]6(C)C7=C[C@H](O)[C@]89C(=O)O[C@@](C)(CCC=C(C)C)[C@@]8(O)CC[C@@]9(C)[C@@H]7CC[C@H]6C5(C)C)OC[C@@H](OS(=O)(=O)O)[C@@H]4O)O[C@@H]3C)O[C@H](CO)[C@H]2O)O[C@H](CO)[C@H]1O. The van der Waals surface area contributed by atoms with Crippen molar-refractivity contribution in [2.45, 2.75) is 247 Å². The van der Waals surface area contributed by atoms with Crippen LogP contribution < -0.4 is 0 Å². The number of allylic oxidation sites excluding steroid dienone is 3. The Balaban J connectivity index is 0.913. The quantitative estimate of drug-likeness (QED) is 0.0363. The second-order valence-corrected chi connectivity index (χ2v) is 26.6. The van der Waals surface area contributed by atoms with Gasteiger partial charge in [-0.3, -0.25) is 9.35 Å². The van der Waals surface area contributed by atoms with Crippen LogP contribution in [0.5, 0.6) is 0 Å². The van der Waals surface area contributed by atoms with E-state index in [-0.39, 0.29) is 18.3 Å². The summed E-state index contributed by atoms with van der Waals surface area (Å²) in [6.45, 7) is 13.1. The van der Waals surface area contributed by atoms with Crippen molar-refractivity contribution in [2.24, 2.45) is 33.5 Å². The van der Waals surface area contributed by atoms with Gasteiger partial charge < -0.3 is 104 Å². The van der Waals surface area contributed by atoms with Crippen LogP contribution in [-0.2, 0) is 66.7 Å². The fraction of sp³-hybridized carbons (Fsp3) is 0.907. The molecule has 8 fully saturated rings. The molecule has 0 radical (unpaired) electrons. The molecule has 0 aromatic rings. The molecule has 81 heavy (non-hydrogen) atoms. The number of carbonyl (C=O) groups excluding carboxylic acids is 1. The van der Waals surface area contributed by atoms with Gasteiger partial charge in [0.1, 0.15) is 102 Å². The summed E-state index contributed by atoms with van der Waals surface area (Å²) >= 11 is 0. The maximum Gasteiger partial charge on any atom is 0.397 e. The molecule has 464 valence electrons. The Morgan fingerprint density at radius 1 is 0.716 bits per heavy atom. The van der Waals surface area contributed by atoms with Crippen LogP contribution in [0.3, 0.4) is 0 Å². The third kappa shape index (κ3) is 10.3. The van der Waals surface area contributed by atoms with E-state index in [4.69, 9.17) is 51.6 Å². The van der Waals surface area contributed by atoms with Crippen molar-refractivity contribution in [2.75, 3.05) is 26.9 Å².